The molecule has 0 aliphatic carbocycles. The van der Waals surface area contributed by atoms with Crippen molar-refractivity contribution in [2.45, 2.75) is 38.0 Å². The van der Waals surface area contributed by atoms with E-state index >= 15 is 0 Å². The number of likely N-dealkylation sites (tertiary alicyclic amines) is 1. The normalized spacial score (nSPS) is 17.3. The molecule has 0 unspecified atom stereocenters. The molecule has 1 aromatic carbocycles. The monoisotopic (exact) mass is 340 g/mol. The summed E-state index contributed by atoms with van der Waals surface area (Å²) in [6.45, 7) is 5.33. The molecule has 1 aliphatic heterocycles. The molecule has 1 atom stereocenters. The molecule has 0 saturated carbocycles. The molecular weight excluding hydrogens is 312 g/mol. The van der Waals surface area contributed by atoms with Crippen LogP contribution in [0.15, 0.2) is 42.7 Å². The van der Waals surface area contributed by atoms with Crippen LogP contribution >= 0.6 is 0 Å². The maximum atomic E-state index is 12.3. The van der Waals surface area contributed by atoms with Crippen molar-refractivity contribution >= 4 is 5.91 Å². The number of piperidine rings is 1. The maximum absolute atomic E-state index is 12.3. The first-order valence-electron chi connectivity index (χ1n) is 9.29. The summed E-state index contributed by atoms with van der Waals surface area (Å²) in [7, 11) is 0. The number of carbonyl (C=O) groups excluding carboxylic acids is 1. The molecule has 25 heavy (non-hydrogen) atoms. The minimum atomic E-state index is 0.135. The SMILES string of the molecule is CC[C@H](CNC(=O)CN1CCC(c2cn[nH]c2)CC1)c1ccccc1. The third-order valence-corrected chi connectivity index (χ3v) is 5.25. The Kier molecular flexibility index (Phi) is 6.23. The number of nitrogens with zero attached hydrogens (tertiary/aromatic N) is 2. The highest BCUT2D eigenvalue weighted by molar-refractivity contribution is 5.78. The van der Waals surface area contributed by atoms with Gasteiger partial charge in [0, 0.05) is 18.7 Å². The van der Waals surface area contributed by atoms with E-state index in [1.807, 2.05) is 18.5 Å². The van der Waals surface area contributed by atoms with Crippen LogP contribution in [-0.2, 0) is 4.79 Å². The fourth-order valence-corrected chi connectivity index (χ4v) is 3.63. The number of carbonyl (C=O) groups is 1. The highest BCUT2D eigenvalue weighted by atomic mass is 16.2. The Hall–Kier alpha value is -2.14. The van der Waals surface area contributed by atoms with Crippen molar-refractivity contribution in [3.63, 3.8) is 0 Å². The smallest absolute Gasteiger partial charge is 0.234 e. The zero-order valence-electron chi connectivity index (χ0n) is 14.9. The number of rotatable bonds is 7. The van der Waals surface area contributed by atoms with Gasteiger partial charge in [-0.2, -0.15) is 5.10 Å². The molecule has 0 radical (unpaired) electrons. The lowest BCUT2D eigenvalue weighted by molar-refractivity contribution is -0.122. The lowest BCUT2D eigenvalue weighted by Crippen LogP contribution is -2.42. The van der Waals surface area contributed by atoms with Crippen molar-refractivity contribution in [3.05, 3.63) is 53.9 Å². The third kappa shape index (κ3) is 4.92. The van der Waals surface area contributed by atoms with Crippen LogP contribution < -0.4 is 5.32 Å². The minimum Gasteiger partial charge on any atom is -0.354 e. The first-order valence-corrected chi connectivity index (χ1v) is 9.29. The predicted molar refractivity (Wildman–Crippen MR) is 99.5 cm³/mol. The van der Waals surface area contributed by atoms with Gasteiger partial charge in [0.25, 0.3) is 0 Å². The molecule has 2 heterocycles. The Balaban J connectivity index is 1.41. The summed E-state index contributed by atoms with van der Waals surface area (Å²) in [5.41, 5.74) is 2.59. The van der Waals surface area contributed by atoms with Gasteiger partial charge in [-0.05, 0) is 49.4 Å². The molecular formula is C20H28N4O. The van der Waals surface area contributed by atoms with Gasteiger partial charge in [0.05, 0.1) is 12.7 Å². The number of H-pyrrole nitrogens is 1. The number of amides is 1. The minimum absolute atomic E-state index is 0.135. The predicted octanol–water partition coefficient (Wildman–Crippen LogP) is 2.90. The molecule has 1 amide bonds. The Morgan fingerprint density at radius 1 is 1.32 bits per heavy atom. The number of aromatic nitrogens is 2. The Morgan fingerprint density at radius 3 is 2.72 bits per heavy atom. The van der Waals surface area contributed by atoms with Crippen LogP contribution in [0.25, 0.3) is 0 Å². The summed E-state index contributed by atoms with van der Waals surface area (Å²) in [5, 5.41) is 10.0. The molecule has 0 bridgehead atoms. The first kappa shape index (κ1) is 17.7. The Labute approximate surface area is 149 Å². The van der Waals surface area contributed by atoms with E-state index in [0.717, 1.165) is 32.4 Å². The van der Waals surface area contributed by atoms with Crippen LogP contribution in [0.1, 0.15) is 49.1 Å². The lowest BCUT2D eigenvalue weighted by atomic mass is 9.91. The molecule has 0 spiro atoms. The van der Waals surface area contributed by atoms with E-state index in [0.29, 0.717) is 24.9 Å². The number of hydrogen-bond acceptors (Lipinski definition) is 3. The van der Waals surface area contributed by atoms with Crippen LogP contribution in [0.4, 0.5) is 0 Å². The number of nitrogens with one attached hydrogen (secondary N) is 2. The van der Waals surface area contributed by atoms with Gasteiger partial charge in [-0.25, -0.2) is 0 Å². The van der Waals surface area contributed by atoms with E-state index in [-0.39, 0.29) is 5.91 Å². The molecule has 2 aromatic rings. The van der Waals surface area contributed by atoms with E-state index in [9.17, 15) is 4.79 Å². The lowest BCUT2D eigenvalue weighted by Gasteiger charge is -2.31. The number of benzene rings is 1. The standard InChI is InChI=1S/C20H28N4O/c1-2-16(17-6-4-3-5-7-17)12-21-20(25)15-24-10-8-18(9-11-24)19-13-22-23-14-19/h3-7,13-14,16,18H,2,8-12,15H2,1H3,(H,21,25)(H,22,23)/t16-/m1/s1. The van der Waals surface area contributed by atoms with Crippen molar-refractivity contribution in [2.75, 3.05) is 26.2 Å². The summed E-state index contributed by atoms with van der Waals surface area (Å²) in [6, 6.07) is 10.4. The third-order valence-electron chi connectivity index (χ3n) is 5.25. The van der Waals surface area contributed by atoms with Crippen LogP contribution in [-0.4, -0.2) is 47.2 Å². The molecule has 3 rings (SSSR count). The van der Waals surface area contributed by atoms with Gasteiger partial charge in [0.15, 0.2) is 0 Å². The topological polar surface area (TPSA) is 61.0 Å². The fraction of sp³-hybridized carbons (Fsp3) is 0.500. The van der Waals surface area contributed by atoms with Gasteiger partial charge in [-0.15, -0.1) is 0 Å². The van der Waals surface area contributed by atoms with Crippen molar-refractivity contribution < 1.29 is 4.79 Å². The second kappa shape index (κ2) is 8.81. The Bertz CT molecular complexity index is 633. The fourth-order valence-electron chi connectivity index (χ4n) is 3.63. The molecule has 2 N–H and O–H groups in total. The molecule has 1 aromatic heterocycles. The zero-order valence-corrected chi connectivity index (χ0v) is 14.9. The van der Waals surface area contributed by atoms with Crippen LogP contribution in [0, 0.1) is 0 Å². The van der Waals surface area contributed by atoms with E-state index in [1.165, 1.54) is 11.1 Å². The quantitative estimate of drug-likeness (QED) is 0.815. The first-order chi connectivity index (χ1) is 12.3. The molecule has 1 saturated heterocycles. The summed E-state index contributed by atoms with van der Waals surface area (Å²) in [6.07, 6.45) is 7.12. The summed E-state index contributed by atoms with van der Waals surface area (Å²) in [5.74, 6) is 1.09. The van der Waals surface area contributed by atoms with Gasteiger partial charge < -0.3 is 5.32 Å². The average Bonchev–Trinajstić information content (AvgIpc) is 3.18. The summed E-state index contributed by atoms with van der Waals surface area (Å²) < 4.78 is 0. The van der Waals surface area contributed by atoms with Crippen molar-refractivity contribution in [3.8, 4) is 0 Å². The second-order valence-corrected chi connectivity index (χ2v) is 6.90. The van der Waals surface area contributed by atoms with E-state index in [2.05, 4.69) is 51.6 Å². The van der Waals surface area contributed by atoms with E-state index in [4.69, 9.17) is 0 Å². The van der Waals surface area contributed by atoms with Crippen molar-refractivity contribution in [1.29, 1.82) is 0 Å². The van der Waals surface area contributed by atoms with E-state index in [1.54, 1.807) is 0 Å². The molecule has 1 fully saturated rings. The highest BCUT2D eigenvalue weighted by Crippen LogP contribution is 2.26. The van der Waals surface area contributed by atoms with Gasteiger partial charge in [-0.1, -0.05) is 37.3 Å². The van der Waals surface area contributed by atoms with Gasteiger partial charge in [0.2, 0.25) is 5.91 Å². The summed E-state index contributed by atoms with van der Waals surface area (Å²) in [4.78, 5) is 14.6. The van der Waals surface area contributed by atoms with Gasteiger partial charge >= 0.3 is 0 Å². The van der Waals surface area contributed by atoms with Gasteiger partial charge in [0.1, 0.15) is 0 Å². The largest absolute Gasteiger partial charge is 0.354 e. The zero-order chi connectivity index (χ0) is 17.5. The van der Waals surface area contributed by atoms with E-state index < -0.39 is 0 Å². The van der Waals surface area contributed by atoms with Crippen molar-refractivity contribution in [1.82, 2.24) is 20.4 Å². The molecule has 1 aliphatic rings. The highest BCUT2D eigenvalue weighted by Gasteiger charge is 2.22. The van der Waals surface area contributed by atoms with Crippen molar-refractivity contribution in [2.24, 2.45) is 0 Å². The number of hydrogen-bond donors (Lipinski definition) is 2. The number of aromatic amines is 1. The molecule has 134 valence electrons. The van der Waals surface area contributed by atoms with Gasteiger partial charge in [-0.3, -0.25) is 14.8 Å². The average molecular weight is 340 g/mol. The Morgan fingerprint density at radius 2 is 2.08 bits per heavy atom. The molecule has 5 nitrogen and oxygen atoms in total. The summed E-state index contributed by atoms with van der Waals surface area (Å²) >= 11 is 0. The molecule has 5 heteroatoms. The second-order valence-electron chi connectivity index (χ2n) is 6.90. The van der Waals surface area contributed by atoms with Crippen LogP contribution in [0.3, 0.4) is 0 Å². The maximum Gasteiger partial charge on any atom is 0.234 e. The van der Waals surface area contributed by atoms with Crippen LogP contribution in [0.2, 0.25) is 0 Å². The van der Waals surface area contributed by atoms with Crippen LogP contribution in [0.5, 0.6) is 0 Å².